The predicted octanol–water partition coefficient (Wildman–Crippen LogP) is 17.4. The first-order valence-corrected chi connectivity index (χ1v) is 27.8. The number of aliphatic hydroxyl groups is 3. The number of allylic oxidation sites excluding steroid dienone is 13. The first kappa shape index (κ1) is 62.2. The summed E-state index contributed by atoms with van der Waals surface area (Å²) in [5, 5.41) is 29.9. The summed E-state index contributed by atoms with van der Waals surface area (Å²) in [7, 11) is 0. The molecule has 2 saturated carbocycles. The molecule has 0 heterocycles. The van der Waals surface area contributed by atoms with Crippen molar-refractivity contribution in [2.45, 2.75) is 238 Å². The molecule has 3 atom stereocenters. The second-order valence-corrected chi connectivity index (χ2v) is 18.8. The van der Waals surface area contributed by atoms with Crippen LogP contribution in [-0.4, -0.2) is 40.2 Å². The molecule has 1 aromatic carbocycles. The molecular formula is C64H100O4. The summed E-state index contributed by atoms with van der Waals surface area (Å²) in [6.45, 7) is 6.88. The van der Waals surface area contributed by atoms with Crippen LogP contribution in [0.15, 0.2) is 115 Å². The molecule has 3 rings (SSSR count). The summed E-state index contributed by atoms with van der Waals surface area (Å²) in [5.74, 6) is 13.3. The molecule has 3 unspecified atom stereocenters. The standard InChI is InChI=1S/C22H30O2.C21H36O.C21H34O/c1-2-3-4-5-6-7-8-9-10-11-12-14-17-21(23)20-24-22-18-15-13-16-19-22;2*1-2-3-4-5-6-7-8-9-10-11-12-16-19-21(22)20-17-14-13-15-18-20/h5-6,11-13,15-16,18-19,21,23H,2-4,7-10,20H2,1H3;5-6,11-12,16,19-22H,2-4,7-10,13-15,17-18H2,1H3;5-6,11-12,20-22H,2-4,7-10,13-15,17-18H2,1H3/b6-5-,12-11-;6-5-,12-11-,19-16+;6-5-,12-11-. The van der Waals surface area contributed by atoms with Gasteiger partial charge < -0.3 is 20.1 Å². The topological polar surface area (TPSA) is 69.9 Å². The van der Waals surface area contributed by atoms with Gasteiger partial charge in [-0.05, 0) is 158 Å². The molecule has 0 aliphatic heterocycles. The molecule has 2 aliphatic rings. The molecule has 68 heavy (non-hydrogen) atoms. The van der Waals surface area contributed by atoms with E-state index in [4.69, 9.17) is 4.74 Å². The zero-order valence-electron chi connectivity index (χ0n) is 43.7. The van der Waals surface area contributed by atoms with Crippen LogP contribution in [0.1, 0.15) is 220 Å². The number of aliphatic hydroxyl groups excluding tert-OH is 3. The van der Waals surface area contributed by atoms with Crippen LogP contribution in [0.2, 0.25) is 0 Å². The van der Waals surface area contributed by atoms with E-state index in [1.54, 1.807) is 0 Å². The minimum atomic E-state index is -0.761. The lowest BCUT2D eigenvalue weighted by molar-refractivity contribution is 0.125. The van der Waals surface area contributed by atoms with Gasteiger partial charge in [0.25, 0.3) is 0 Å². The smallest absolute Gasteiger partial charge is 0.148 e. The third-order valence-corrected chi connectivity index (χ3v) is 12.5. The Balaban J connectivity index is 0.000000511. The fourth-order valence-corrected chi connectivity index (χ4v) is 8.10. The summed E-state index contributed by atoms with van der Waals surface area (Å²) in [4.78, 5) is 0. The van der Waals surface area contributed by atoms with Gasteiger partial charge in [0.2, 0.25) is 0 Å². The first-order valence-electron chi connectivity index (χ1n) is 27.8. The van der Waals surface area contributed by atoms with Crippen LogP contribution in [0.5, 0.6) is 5.75 Å². The Kier molecular flexibility index (Phi) is 45.4. The third kappa shape index (κ3) is 41.2. The zero-order valence-corrected chi connectivity index (χ0v) is 43.7. The Hall–Kier alpha value is -3.80. The normalized spacial score (nSPS) is 16.1. The zero-order chi connectivity index (χ0) is 49.1. The van der Waals surface area contributed by atoms with Crippen molar-refractivity contribution in [1.29, 1.82) is 0 Å². The summed E-state index contributed by atoms with van der Waals surface area (Å²) < 4.78 is 5.44. The molecule has 0 bridgehead atoms. The van der Waals surface area contributed by atoms with Gasteiger partial charge in [-0.1, -0.05) is 213 Å². The van der Waals surface area contributed by atoms with Crippen LogP contribution in [0, 0.1) is 35.5 Å². The molecule has 4 heteroatoms. The minimum Gasteiger partial charge on any atom is -0.490 e. The van der Waals surface area contributed by atoms with E-state index in [1.807, 2.05) is 54.6 Å². The second kappa shape index (κ2) is 49.6. The summed E-state index contributed by atoms with van der Waals surface area (Å²) >= 11 is 0. The molecule has 2 fully saturated rings. The second-order valence-electron chi connectivity index (χ2n) is 18.8. The highest BCUT2D eigenvalue weighted by Gasteiger charge is 2.20. The van der Waals surface area contributed by atoms with E-state index in [-0.39, 0.29) is 12.7 Å². The van der Waals surface area contributed by atoms with Crippen LogP contribution >= 0.6 is 0 Å². The summed E-state index contributed by atoms with van der Waals surface area (Å²) in [5.41, 5.74) is 0. The number of hydrogen-bond donors (Lipinski definition) is 3. The van der Waals surface area contributed by atoms with Gasteiger partial charge in [0.15, 0.2) is 0 Å². The van der Waals surface area contributed by atoms with Crippen molar-refractivity contribution < 1.29 is 20.1 Å². The highest BCUT2D eigenvalue weighted by atomic mass is 16.5. The Morgan fingerprint density at radius 2 is 0.897 bits per heavy atom. The monoisotopic (exact) mass is 933 g/mol. The third-order valence-electron chi connectivity index (χ3n) is 12.5. The van der Waals surface area contributed by atoms with Gasteiger partial charge in [0, 0.05) is 0 Å². The molecule has 0 spiro atoms. The van der Waals surface area contributed by atoms with Gasteiger partial charge in [-0.25, -0.2) is 0 Å². The van der Waals surface area contributed by atoms with Crippen molar-refractivity contribution in [1.82, 2.24) is 0 Å². The van der Waals surface area contributed by atoms with Gasteiger partial charge in [0.05, 0.1) is 6.10 Å². The Morgan fingerprint density at radius 3 is 1.37 bits per heavy atom. The largest absolute Gasteiger partial charge is 0.490 e. The van der Waals surface area contributed by atoms with Crippen molar-refractivity contribution >= 4 is 0 Å². The van der Waals surface area contributed by atoms with Crippen LogP contribution in [-0.2, 0) is 0 Å². The predicted molar refractivity (Wildman–Crippen MR) is 297 cm³/mol. The van der Waals surface area contributed by atoms with Crippen molar-refractivity contribution in [3.8, 4) is 29.4 Å². The average Bonchev–Trinajstić information content (AvgIpc) is 3.37. The van der Waals surface area contributed by atoms with E-state index in [2.05, 4.69) is 105 Å². The number of hydrogen-bond acceptors (Lipinski definition) is 4. The molecule has 1 aromatic rings. The van der Waals surface area contributed by atoms with Gasteiger partial charge >= 0.3 is 0 Å². The molecule has 3 N–H and O–H groups in total. The molecule has 0 saturated heterocycles. The van der Waals surface area contributed by atoms with E-state index >= 15 is 0 Å². The van der Waals surface area contributed by atoms with Gasteiger partial charge in [-0.3, -0.25) is 0 Å². The van der Waals surface area contributed by atoms with Crippen LogP contribution in [0.3, 0.4) is 0 Å². The van der Waals surface area contributed by atoms with Crippen LogP contribution in [0.4, 0.5) is 0 Å². The number of ether oxygens (including phenoxy) is 1. The molecular weight excluding hydrogens is 833 g/mol. The minimum absolute atomic E-state index is 0.190. The first-order chi connectivity index (χ1) is 33.5. The number of benzene rings is 1. The average molecular weight is 933 g/mol. The van der Waals surface area contributed by atoms with Crippen LogP contribution in [0.25, 0.3) is 0 Å². The molecule has 2 aliphatic carbocycles. The van der Waals surface area contributed by atoms with Crippen molar-refractivity contribution in [3.05, 3.63) is 115 Å². The number of rotatable bonds is 31. The van der Waals surface area contributed by atoms with Crippen molar-refractivity contribution in [2.75, 3.05) is 6.61 Å². The highest BCUT2D eigenvalue weighted by Crippen LogP contribution is 2.27. The fourth-order valence-electron chi connectivity index (χ4n) is 8.10. The van der Waals surface area contributed by atoms with Gasteiger partial charge in [-0.2, -0.15) is 0 Å². The van der Waals surface area contributed by atoms with E-state index in [1.165, 1.54) is 167 Å². The summed E-state index contributed by atoms with van der Waals surface area (Å²) in [6, 6.07) is 9.45. The Bertz CT molecular complexity index is 1580. The maximum absolute atomic E-state index is 10.1. The van der Waals surface area contributed by atoms with E-state index in [0.29, 0.717) is 11.8 Å². The maximum Gasteiger partial charge on any atom is 0.148 e. The maximum atomic E-state index is 10.1. The van der Waals surface area contributed by atoms with Gasteiger partial charge in [0.1, 0.15) is 24.6 Å². The lowest BCUT2D eigenvalue weighted by atomic mass is 9.85. The fraction of sp³-hybridized carbons (Fsp3) is 0.625. The lowest BCUT2D eigenvalue weighted by Gasteiger charge is -2.24. The van der Waals surface area contributed by atoms with Crippen molar-refractivity contribution in [3.63, 3.8) is 0 Å². The van der Waals surface area contributed by atoms with E-state index < -0.39 is 12.2 Å². The molecule has 4 nitrogen and oxygen atoms in total. The van der Waals surface area contributed by atoms with E-state index in [0.717, 1.165) is 37.9 Å². The molecule has 380 valence electrons. The van der Waals surface area contributed by atoms with Crippen molar-refractivity contribution in [2.24, 2.45) is 11.8 Å². The highest BCUT2D eigenvalue weighted by molar-refractivity contribution is 5.22. The summed E-state index contributed by atoms with van der Waals surface area (Å²) in [6.07, 6.45) is 66.9. The van der Waals surface area contributed by atoms with Gasteiger partial charge in [-0.15, -0.1) is 0 Å². The Labute approximate surface area is 419 Å². The van der Waals surface area contributed by atoms with E-state index in [9.17, 15) is 15.3 Å². The lowest BCUT2D eigenvalue weighted by Crippen LogP contribution is -2.20. The number of para-hydroxylation sites is 1. The molecule has 0 amide bonds. The SMILES string of the molecule is CCCC/C=C\CCCC/C=C\C#CC(O)C1CCCCC1.CCCC/C=C\CCCC/C=C\C#CC(O)COc1ccccc1.CCCC/C=C\CCCC/C=C\C=C\C(O)C1CCCCC1. The quantitative estimate of drug-likeness (QED) is 0.0300. The Morgan fingerprint density at radius 1 is 0.485 bits per heavy atom. The van der Waals surface area contributed by atoms with Crippen LogP contribution < -0.4 is 4.74 Å². The molecule has 0 aromatic heterocycles. The number of unbranched alkanes of at least 4 members (excludes halogenated alkanes) is 15. The molecule has 0 radical (unpaired) electrons.